The summed E-state index contributed by atoms with van der Waals surface area (Å²) in [6, 6.07) is 6.62. The van der Waals surface area contributed by atoms with Crippen LogP contribution in [-0.4, -0.2) is 41.2 Å². The number of ether oxygens (including phenoxy) is 1. The van der Waals surface area contributed by atoms with Gasteiger partial charge in [0.2, 0.25) is 0 Å². The van der Waals surface area contributed by atoms with Crippen LogP contribution in [0.2, 0.25) is 0 Å². The standard InChI is InChI=1S/C15H20ClN3O/c1-18-8-4-5-11(18)10-19-12-6-3-7-13(20-2)15(12)17-14(19)9-16/h3,6-7,11H,4-5,8-10H2,1-2H3. The van der Waals surface area contributed by atoms with E-state index in [-0.39, 0.29) is 0 Å². The molecule has 0 N–H and O–H groups in total. The molecule has 3 rings (SSSR count). The molecule has 0 saturated carbocycles. The first-order chi connectivity index (χ1) is 9.74. The summed E-state index contributed by atoms with van der Waals surface area (Å²) in [6.07, 6.45) is 2.51. The van der Waals surface area contributed by atoms with Crippen molar-refractivity contribution in [3.05, 3.63) is 24.0 Å². The second kappa shape index (κ2) is 5.62. The Morgan fingerprint density at radius 1 is 1.45 bits per heavy atom. The molecule has 1 unspecified atom stereocenters. The van der Waals surface area contributed by atoms with Gasteiger partial charge in [0.05, 0.1) is 18.5 Å². The zero-order valence-corrected chi connectivity index (χ0v) is 12.7. The summed E-state index contributed by atoms with van der Waals surface area (Å²) in [6.45, 7) is 2.12. The molecule has 4 nitrogen and oxygen atoms in total. The Kier molecular flexibility index (Phi) is 3.85. The first kappa shape index (κ1) is 13.7. The van der Waals surface area contributed by atoms with E-state index in [0.29, 0.717) is 11.9 Å². The van der Waals surface area contributed by atoms with Crippen LogP contribution in [0.1, 0.15) is 18.7 Å². The van der Waals surface area contributed by atoms with Crippen LogP contribution >= 0.6 is 11.6 Å². The van der Waals surface area contributed by atoms with E-state index in [1.165, 1.54) is 19.4 Å². The summed E-state index contributed by atoms with van der Waals surface area (Å²) < 4.78 is 7.65. The van der Waals surface area contributed by atoms with E-state index in [1.807, 2.05) is 12.1 Å². The zero-order valence-electron chi connectivity index (χ0n) is 12.0. The fraction of sp³-hybridized carbons (Fsp3) is 0.533. The summed E-state index contributed by atoms with van der Waals surface area (Å²) in [5, 5.41) is 0. The Morgan fingerprint density at radius 2 is 2.30 bits per heavy atom. The van der Waals surface area contributed by atoms with Crippen LogP contribution in [0.5, 0.6) is 5.75 Å². The quantitative estimate of drug-likeness (QED) is 0.812. The predicted octanol–water partition coefficient (Wildman–Crippen LogP) is 2.88. The molecule has 1 aromatic carbocycles. The molecule has 0 amide bonds. The molecule has 108 valence electrons. The number of methoxy groups -OCH3 is 1. The van der Waals surface area contributed by atoms with Crippen LogP contribution < -0.4 is 4.74 Å². The van der Waals surface area contributed by atoms with Crippen LogP contribution in [0, 0.1) is 0 Å². The first-order valence-electron chi connectivity index (χ1n) is 7.03. The van der Waals surface area contributed by atoms with Gasteiger partial charge >= 0.3 is 0 Å². The summed E-state index contributed by atoms with van der Waals surface area (Å²) >= 11 is 6.08. The van der Waals surface area contributed by atoms with E-state index in [2.05, 4.69) is 27.6 Å². The number of fused-ring (bicyclic) bond motifs is 1. The SMILES string of the molecule is COc1cccc2c1nc(CCl)n2CC1CCCN1C. The minimum Gasteiger partial charge on any atom is -0.494 e. The smallest absolute Gasteiger partial charge is 0.146 e. The summed E-state index contributed by atoms with van der Waals surface area (Å²) in [7, 11) is 3.87. The monoisotopic (exact) mass is 293 g/mol. The predicted molar refractivity (Wildman–Crippen MR) is 81.5 cm³/mol. The molecule has 1 saturated heterocycles. The van der Waals surface area contributed by atoms with Crippen LogP contribution in [0.15, 0.2) is 18.2 Å². The highest BCUT2D eigenvalue weighted by molar-refractivity contribution is 6.16. The lowest BCUT2D eigenvalue weighted by molar-refractivity contribution is 0.282. The van der Waals surface area contributed by atoms with E-state index in [4.69, 9.17) is 16.3 Å². The third-order valence-corrected chi connectivity index (χ3v) is 4.46. The second-order valence-corrected chi connectivity index (χ2v) is 5.64. The number of alkyl halides is 1. The third kappa shape index (κ3) is 2.27. The highest BCUT2D eigenvalue weighted by Gasteiger charge is 2.23. The molecule has 0 radical (unpaired) electrons. The van der Waals surface area contributed by atoms with Gasteiger partial charge in [-0.3, -0.25) is 0 Å². The number of hydrogen-bond donors (Lipinski definition) is 0. The molecule has 5 heteroatoms. The Bertz CT molecular complexity index is 610. The van der Waals surface area contributed by atoms with Crippen molar-refractivity contribution >= 4 is 22.6 Å². The number of rotatable bonds is 4. The fourth-order valence-corrected chi connectivity index (χ4v) is 3.26. The Hall–Kier alpha value is -1.26. The first-order valence-corrected chi connectivity index (χ1v) is 7.56. The Labute approximate surface area is 124 Å². The van der Waals surface area contributed by atoms with Crippen molar-refractivity contribution < 1.29 is 4.74 Å². The fourth-order valence-electron chi connectivity index (χ4n) is 3.06. The van der Waals surface area contributed by atoms with Crippen molar-refractivity contribution in [2.75, 3.05) is 20.7 Å². The van der Waals surface area contributed by atoms with Gasteiger partial charge in [-0.15, -0.1) is 11.6 Å². The van der Waals surface area contributed by atoms with Crippen molar-refractivity contribution in [1.29, 1.82) is 0 Å². The number of imidazole rings is 1. The van der Waals surface area contributed by atoms with Gasteiger partial charge in [0.15, 0.2) is 0 Å². The number of hydrogen-bond acceptors (Lipinski definition) is 3. The number of halogens is 1. The van der Waals surface area contributed by atoms with E-state index in [9.17, 15) is 0 Å². The molecule has 1 aromatic heterocycles. The molecule has 2 heterocycles. The second-order valence-electron chi connectivity index (χ2n) is 5.38. The molecular weight excluding hydrogens is 274 g/mol. The molecule has 0 aliphatic carbocycles. The highest BCUT2D eigenvalue weighted by Crippen LogP contribution is 2.28. The maximum Gasteiger partial charge on any atom is 0.146 e. The molecule has 2 aromatic rings. The normalized spacial score (nSPS) is 19.9. The van der Waals surface area contributed by atoms with E-state index in [0.717, 1.165) is 29.2 Å². The minimum absolute atomic E-state index is 0.425. The highest BCUT2D eigenvalue weighted by atomic mass is 35.5. The number of benzene rings is 1. The van der Waals surface area contributed by atoms with Crippen molar-refractivity contribution in [3.8, 4) is 5.75 Å². The van der Waals surface area contributed by atoms with E-state index >= 15 is 0 Å². The topological polar surface area (TPSA) is 30.3 Å². The van der Waals surface area contributed by atoms with Crippen LogP contribution in [0.25, 0.3) is 11.0 Å². The lowest BCUT2D eigenvalue weighted by Gasteiger charge is -2.21. The largest absolute Gasteiger partial charge is 0.494 e. The van der Waals surface area contributed by atoms with Gasteiger partial charge < -0.3 is 14.2 Å². The molecule has 0 spiro atoms. The minimum atomic E-state index is 0.425. The third-order valence-electron chi connectivity index (χ3n) is 4.23. The number of likely N-dealkylation sites (tertiary alicyclic amines) is 1. The lowest BCUT2D eigenvalue weighted by Crippen LogP contribution is -2.29. The summed E-state index contributed by atoms with van der Waals surface area (Å²) in [5.74, 6) is 2.16. The summed E-state index contributed by atoms with van der Waals surface area (Å²) in [4.78, 5) is 7.08. The van der Waals surface area contributed by atoms with E-state index in [1.54, 1.807) is 7.11 Å². The summed E-state index contributed by atoms with van der Waals surface area (Å²) in [5.41, 5.74) is 2.02. The Balaban J connectivity index is 2.04. The van der Waals surface area contributed by atoms with E-state index < -0.39 is 0 Å². The van der Waals surface area contributed by atoms with Gasteiger partial charge in [-0.25, -0.2) is 4.98 Å². The van der Waals surface area contributed by atoms with Gasteiger partial charge in [0, 0.05) is 12.6 Å². The molecule has 1 fully saturated rings. The van der Waals surface area contributed by atoms with Gasteiger partial charge in [-0.05, 0) is 38.6 Å². The van der Waals surface area contributed by atoms with Crippen molar-refractivity contribution in [3.63, 3.8) is 0 Å². The maximum atomic E-state index is 6.08. The van der Waals surface area contributed by atoms with Crippen molar-refractivity contribution in [1.82, 2.24) is 14.5 Å². The van der Waals surface area contributed by atoms with Gasteiger partial charge in [0.1, 0.15) is 17.1 Å². The number of aromatic nitrogens is 2. The lowest BCUT2D eigenvalue weighted by atomic mass is 10.2. The maximum absolute atomic E-state index is 6.08. The molecule has 1 aliphatic rings. The average Bonchev–Trinajstić information content (AvgIpc) is 3.03. The number of para-hydroxylation sites is 1. The van der Waals surface area contributed by atoms with Crippen LogP contribution in [0.4, 0.5) is 0 Å². The zero-order chi connectivity index (χ0) is 14.1. The molecule has 1 atom stereocenters. The number of likely N-dealkylation sites (N-methyl/N-ethyl adjacent to an activating group) is 1. The van der Waals surface area contributed by atoms with Gasteiger partial charge in [-0.2, -0.15) is 0 Å². The number of nitrogens with zero attached hydrogens (tertiary/aromatic N) is 3. The van der Waals surface area contributed by atoms with Gasteiger partial charge in [0.25, 0.3) is 0 Å². The van der Waals surface area contributed by atoms with Crippen LogP contribution in [0.3, 0.4) is 0 Å². The molecule has 1 aliphatic heterocycles. The van der Waals surface area contributed by atoms with Crippen LogP contribution in [-0.2, 0) is 12.4 Å². The van der Waals surface area contributed by atoms with Crippen molar-refractivity contribution in [2.45, 2.75) is 31.3 Å². The molecule has 0 bridgehead atoms. The van der Waals surface area contributed by atoms with Crippen molar-refractivity contribution in [2.24, 2.45) is 0 Å². The molecule has 20 heavy (non-hydrogen) atoms. The molecular formula is C15H20ClN3O. The Morgan fingerprint density at radius 3 is 2.95 bits per heavy atom. The van der Waals surface area contributed by atoms with Gasteiger partial charge in [-0.1, -0.05) is 6.07 Å². The average molecular weight is 294 g/mol.